The van der Waals surface area contributed by atoms with Gasteiger partial charge in [0.1, 0.15) is 0 Å². The van der Waals surface area contributed by atoms with E-state index in [4.69, 9.17) is 0 Å². The van der Waals surface area contributed by atoms with E-state index in [1.54, 1.807) is 0 Å². The van der Waals surface area contributed by atoms with E-state index in [0.717, 1.165) is 64.0 Å². The predicted molar refractivity (Wildman–Crippen MR) is 227 cm³/mol. The number of hydrogen-bond donors (Lipinski definition) is 0. The van der Waals surface area contributed by atoms with E-state index in [9.17, 15) is 0 Å². The van der Waals surface area contributed by atoms with Crippen LogP contribution < -0.4 is 0 Å². The van der Waals surface area contributed by atoms with E-state index in [-0.39, 0.29) is 0 Å². The van der Waals surface area contributed by atoms with Crippen molar-refractivity contribution < 1.29 is 0 Å². The standard InChI is InChI=1S/C13H12.2C8H5Br5.2C2H6/c1-3-7-12(8-4-1)11-13-9-5-2-6-10-13;2*1-2-3-4(9)6(11)8(13)7(12)5(3)10;2*1-2/h1-10H,11H2;2*2H2,1H3;2*1-2H3. The molecule has 0 saturated heterocycles. The van der Waals surface area contributed by atoms with E-state index in [0.29, 0.717) is 0 Å². The van der Waals surface area contributed by atoms with Crippen molar-refractivity contribution in [2.24, 2.45) is 0 Å². The molecule has 0 aliphatic rings. The van der Waals surface area contributed by atoms with Crippen LogP contribution in [0.2, 0.25) is 0 Å². The molecule has 0 aliphatic carbocycles. The molecule has 0 aliphatic heterocycles. The van der Waals surface area contributed by atoms with Gasteiger partial charge in [0.05, 0.1) is 0 Å². The fourth-order valence-electron chi connectivity index (χ4n) is 3.35. The third-order valence-corrected chi connectivity index (χ3v) is 17.9. The smallest absolute Gasteiger partial charge is 0.0482 e. The lowest BCUT2D eigenvalue weighted by atomic mass is 10.1. The van der Waals surface area contributed by atoms with Crippen molar-refractivity contribution in [3.05, 3.63) is 128 Å². The van der Waals surface area contributed by atoms with Gasteiger partial charge in [0.15, 0.2) is 0 Å². The van der Waals surface area contributed by atoms with Crippen LogP contribution in [0.25, 0.3) is 0 Å². The van der Waals surface area contributed by atoms with Crippen molar-refractivity contribution >= 4 is 159 Å². The summed E-state index contributed by atoms with van der Waals surface area (Å²) in [4.78, 5) is 0. The maximum absolute atomic E-state index is 3.55. The third kappa shape index (κ3) is 14.0. The first kappa shape index (κ1) is 44.7. The molecule has 10 heteroatoms. The molecule has 0 N–H and O–H groups in total. The van der Waals surface area contributed by atoms with Crippen LogP contribution in [0.3, 0.4) is 0 Å². The van der Waals surface area contributed by atoms with Crippen LogP contribution in [0.1, 0.15) is 63.8 Å². The Bertz CT molecular complexity index is 1220. The zero-order chi connectivity index (χ0) is 33.3. The summed E-state index contributed by atoms with van der Waals surface area (Å²) in [7, 11) is 0. The molecule has 0 atom stereocenters. The second-order valence-electron chi connectivity index (χ2n) is 7.95. The zero-order valence-electron chi connectivity index (χ0n) is 24.7. The highest BCUT2D eigenvalue weighted by Gasteiger charge is 2.16. The number of halogens is 10. The molecule has 0 radical (unpaired) electrons. The van der Waals surface area contributed by atoms with Gasteiger partial charge in [0.25, 0.3) is 0 Å². The Morgan fingerprint density at radius 3 is 0.767 bits per heavy atom. The summed E-state index contributed by atoms with van der Waals surface area (Å²) in [6.45, 7) is 12.2. The topological polar surface area (TPSA) is 0 Å². The van der Waals surface area contributed by atoms with Crippen LogP contribution in [0, 0.1) is 0 Å². The summed E-state index contributed by atoms with van der Waals surface area (Å²) in [6.07, 6.45) is 2.99. The Labute approximate surface area is 343 Å². The molecule has 0 unspecified atom stereocenters. The van der Waals surface area contributed by atoms with Crippen molar-refractivity contribution in [2.45, 2.75) is 60.8 Å². The van der Waals surface area contributed by atoms with Gasteiger partial charge in [-0.25, -0.2) is 0 Å². The highest BCUT2D eigenvalue weighted by molar-refractivity contribution is 9.16. The molecule has 0 aromatic heterocycles. The summed E-state index contributed by atoms with van der Waals surface area (Å²) in [5, 5.41) is 0. The first-order valence-electron chi connectivity index (χ1n) is 13.5. The molecule has 0 bridgehead atoms. The molecule has 4 aromatic carbocycles. The molecule has 0 saturated carbocycles. The Morgan fingerprint density at radius 2 is 0.558 bits per heavy atom. The minimum atomic E-state index is 0.978. The van der Waals surface area contributed by atoms with E-state index < -0.39 is 0 Å². The van der Waals surface area contributed by atoms with Crippen molar-refractivity contribution in [3.63, 3.8) is 0 Å². The Kier molecular flexibility index (Phi) is 25.7. The van der Waals surface area contributed by atoms with Gasteiger partial charge in [-0.15, -0.1) is 0 Å². The molecule has 0 amide bonds. The minimum Gasteiger partial charge on any atom is -0.0683 e. The van der Waals surface area contributed by atoms with Gasteiger partial charge < -0.3 is 0 Å². The van der Waals surface area contributed by atoms with Crippen molar-refractivity contribution in [1.29, 1.82) is 0 Å². The largest absolute Gasteiger partial charge is 0.0683 e. The second kappa shape index (κ2) is 24.8. The van der Waals surface area contributed by atoms with Gasteiger partial charge in [-0.1, -0.05) is 102 Å². The molecule has 0 spiro atoms. The molecule has 0 nitrogen and oxygen atoms in total. The fourth-order valence-corrected chi connectivity index (χ4v) is 10.7. The summed E-state index contributed by atoms with van der Waals surface area (Å²) in [6, 6.07) is 21.1. The normalized spacial score (nSPS) is 9.67. The van der Waals surface area contributed by atoms with E-state index in [2.05, 4.69) is 234 Å². The van der Waals surface area contributed by atoms with Crippen molar-refractivity contribution in [1.82, 2.24) is 0 Å². The van der Waals surface area contributed by atoms with Gasteiger partial charge in [-0.3, -0.25) is 0 Å². The van der Waals surface area contributed by atoms with E-state index in [1.807, 2.05) is 27.7 Å². The molecule has 236 valence electrons. The van der Waals surface area contributed by atoms with Crippen LogP contribution in [0.15, 0.2) is 105 Å². The highest BCUT2D eigenvalue weighted by Crippen LogP contribution is 2.45. The fraction of sp³-hybridized carbons (Fsp3) is 0.273. The summed E-state index contributed by atoms with van der Waals surface area (Å²) in [5.41, 5.74) is 5.24. The van der Waals surface area contributed by atoms with Gasteiger partial charge in [-0.2, -0.15) is 0 Å². The minimum absolute atomic E-state index is 0.978. The van der Waals surface area contributed by atoms with Crippen LogP contribution in [-0.2, 0) is 19.3 Å². The third-order valence-electron chi connectivity index (χ3n) is 5.40. The lowest BCUT2D eigenvalue weighted by Crippen LogP contribution is -1.89. The SMILES string of the molecule is CC.CC.CCc1c(Br)c(Br)c(Br)c(Br)c1Br.CCc1c(Br)c(Br)c(Br)c(Br)c1Br.c1ccc(Cc2ccccc2)cc1. The van der Waals surface area contributed by atoms with Crippen molar-refractivity contribution in [3.8, 4) is 0 Å². The first-order chi connectivity index (χ1) is 20.5. The summed E-state index contributed by atoms with van der Waals surface area (Å²) >= 11 is 35.2. The quantitative estimate of drug-likeness (QED) is 0.141. The Hall–Kier alpha value is 1.68. The second-order valence-corrected chi connectivity index (χ2v) is 15.9. The highest BCUT2D eigenvalue weighted by atomic mass is 79.9. The van der Waals surface area contributed by atoms with E-state index >= 15 is 0 Å². The van der Waals surface area contributed by atoms with Gasteiger partial charge >= 0.3 is 0 Å². The maximum atomic E-state index is 3.55. The average Bonchev–Trinajstić information content (AvgIpc) is 3.05. The molecule has 0 heterocycles. The van der Waals surface area contributed by atoms with Crippen LogP contribution in [0.5, 0.6) is 0 Å². The van der Waals surface area contributed by atoms with Crippen molar-refractivity contribution in [2.75, 3.05) is 0 Å². The van der Waals surface area contributed by atoms with Gasteiger partial charge in [-0.05, 0) is 201 Å². The summed E-state index contributed by atoms with van der Waals surface area (Å²) in [5.74, 6) is 0. The predicted octanol–water partition coefficient (Wildman–Crippen LogP) is 17.5. The lowest BCUT2D eigenvalue weighted by molar-refractivity contribution is 1.10. The summed E-state index contributed by atoms with van der Waals surface area (Å²) < 4.78 is 10.6. The van der Waals surface area contributed by atoms with Gasteiger partial charge in [0.2, 0.25) is 0 Å². The average molecular weight is 1230 g/mol. The molecular formula is C33H34Br10. The number of hydrogen-bond acceptors (Lipinski definition) is 0. The maximum Gasteiger partial charge on any atom is 0.0482 e. The van der Waals surface area contributed by atoms with Crippen LogP contribution >= 0.6 is 159 Å². The molecule has 4 rings (SSSR count). The van der Waals surface area contributed by atoms with Gasteiger partial charge in [0, 0.05) is 44.7 Å². The Morgan fingerprint density at radius 1 is 0.349 bits per heavy atom. The molecule has 4 aromatic rings. The first-order valence-corrected chi connectivity index (χ1v) is 21.5. The molecule has 0 fully saturated rings. The van der Waals surface area contributed by atoms with Crippen LogP contribution in [0.4, 0.5) is 0 Å². The number of benzene rings is 4. The van der Waals surface area contributed by atoms with E-state index in [1.165, 1.54) is 22.3 Å². The monoisotopic (exact) mass is 1220 g/mol. The molecular weight excluding hydrogens is 1200 g/mol. The molecule has 43 heavy (non-hydrogen) atoms. The van der Waals surface area contributed by atoms with Crippen LogP contribution in [-0.4, -0.2) is 0 Å². The zero-order valence-corrected chi connectivity index (χ0v) is 40.5. The number of rotatable bonds is 4. The lowest BCUT2D eigenvalue weighted by Gasteiger charge is -2.11. The Balaban J connectivity index is 0.000000580.